The lowest BCUT2D eigenvalue weighted by Gasteiger charge is -2.25. The van der Waals surface area contributed by atoms with E-state index in [-0.39, 0.29) is 6.42 Å². The molecule has 0 heterocycles. The van der Waals surface area contributed by atoms with Gasteiger partial charge >= 0.3 is 5.97 Å². The molecule has 0 radical (unpaired) electrons. The van der Waals surface area contributed by atoms with Gasteiger partial charge in [0.15, 0.2) is 0 Å². The summed E-state index contributed by atoms with van der Waals surface area (Å²) in [6.45, 7) is 5.88. The number of aliphatic carboxylic acids is 1. The van der Waals surface area contributed by atoms with Crippen molar-refractivity contribution < 1.29 is 9.90 Å². The third-order valence-electron chi connectivity index (χ3n) is 2.44. The average Bonchev–Trinajstić information content (AvgIpc) is 2.16. The molecule has 0 atom stereocenters. The van der Waals surface area contributed by atoms with E-state index in [0.29, 0.717) is 0 Å². The summed E-state index contributed by atoms with van der Waals surface area (Å²) >= 11 is 0. The highest BCUT2D eigenvalue weighted by molar-refractivity contribution is 5.69. The summed E-state index contributed by atoms with van der Waals surface area (Å²) in [6, 6.07) is 8.09. The van der Waals surface area contributed by atoms with Crippen LogP contribution in [-0.4, -0.2) is 16.6 Å². The number of hydrogen-bond acceptors (Lipinski definition) is 2. The number of carboxylic acid groups (broad SMARTS) is 1. The molecule has 0 aliphatic carbocycles. The van der Waals surface area contributed by atoms with Crippen molar-refractivity contribution in [1.29, 1.82) is 0 Å². The molecule has 3 heteroatoms. The molecular weight excluding hydrogens is 202 g/mol. The Hall–Kier alpha value is -1.51. The highest BCUT2D eigenvalue weighted by Crippen LogP contribution is 2.18. The molecule has 0 aliphatic rings. The Morgan fingerprint density at radius 1 is 1.31 bits per heavy atom. The summed E-state index contributed by atoms with van der Waals surface area (Å²) in [5.41, 5.74) is 1.81. The molecule has 0 unspecified atom stereocenters. The van der Waals surface area contributed by atoms with E-state index in [4.69, 9.17) is 5.11 Å². The fourth-order valence-corrected chi connectivity index (χ4v) is 1.64. The number of aryl methyl sites for hydroxylation is 1. The van der Waals surface area contributed by atoms with Crippen LogP contribution < -0.4 is 5.32 Å². The summed E-state index contributed by atoms with van der Waals surface area (Å²) < 4.78 is 0. The molecule has 0 amide bonds. The third kappa shape index (κ3) is 3.93. The minimum Gasteiger partial charge on any atom is -0.481 e. The van der Waals surface area contributed by atoms with Crippen LogP contribution in [0.4, 0.5) is 5.69 Å². The van der Waals surface area contributed by atoms with Crippen LogP contribution in [0.5, 0.6) is 0 Å². The van der Waals surface area contributed by atoms with Gasteiger partial charge in [0.1, 0.15) is 0 Å². The van der Waals surface area contributed by atoms with Gasteiger partial charge in [0.05, 0.1) is 6.42 Å². The summed E-state index contributed by atoms with van der Waals surface area (Å²) in [5.74, 6) is -0.789. The predicted octanol–water partition coefficient (Wildman–Crippen LogP) is 2.91. The van der Waals surface area contributed by atoms with E-state index in [1.165, 1.54) is 5.56 Å². The van der Waals surface area contributed by atoms with Gasteiger partial charge in [-0.1, -0.05) is 19.1 Å². The van der Waals surface area contributed by atoms with E-state index in [0.717, 1.165) is 12.1 Å². The zero-order valence-corrected chi connectivity index (χ0v) is 10.1. The van der Waals surface area contributed by atoms with Crippen LogP contribution in [0.3, 0.4) is 0 Å². The van der Waals surface area contributed by atoms with Crippen LogP contribution in [0.2, 0.25) is 0 Å². The van der Waals surface area contributed by atoms with Gasteiger partial charge in [-0.25, -0.2) is 0 Å². The molecule has 0 saturated carbocycles. The van der Waals surface area contributed by atoms with Crippen LogP contribution in [0.1, 0.15) is 32.8 Å². The number of rotatable bonds is 5. The SMILES string of the molecule is CCc1ccc(NC(C)(C)CC(=O)O)cc1. The minimum atomic E-state index is -0.789. The van der Waals surface area contributed by atoms with E-state index in [2.05, 4.69) is 24.4 Å². The molecule has 1 aromatic rings. The topological polar surface area (TPSA) is 49.3 Å². The number of anilines is 1. The van der Waals surface area contributed by atoms with Gasteiger partial charge in [-0.2, -0.15) is 0 Å². The Balaban J connectivity index is 2.68. The molecule has 0 fully saturated rings. The van der Waals surface area contributed by atoms with Crippen molar-refractivity contribution in [3.63, 3.8) is 0 Å². The van der Waals surface area contributed by atoms with Crippen molar-refractivity contribution in [3.8, 4) is 0 Å². The highest BCUT2D eigenvalue weighted by atomic mass is 16.4. The quantitative estimate of drug-likeness (QED) is 0.803. The number of benzene rings is 1. The van der Waals surface area contributed by atoms with Crippen molar-refractivity contribution in [2.75, 3.05) is 5.32 Å². The van der Waals surface area contributed by atoms with Crippen molar-refractivity contribution in [2.45, 2.75) is 39.2 Å². The van der Waals surface area contributed by atoms with Gasteiger partial charge in [-0.15, -0.1) is 0 Å². The monoisotopic (exact) mass is 221 g/mol. The first-order valence-electron chi connectivity index (χ1n) is 5.52. The van der Waals surface area contributed by atoms with Gasteiger partial charge in [-0.3, -0.25) is 4.79 Å². The summed E-state index contributed by atoms with van der Waals surface area (Å²) in [6.07, 6.45) is 1.11. The molecular formula is C13H19NO2. The van der Waals surface area contributed by atoms with E-state index in [1.807, 2.05) is 26.0 Å². The molecule has 1 rings (SSSR count). The highest BCUT2D eigenvalue weighted by Gasteiger charge is 2.20. The van der Waals surface area contributed by atoms with Crippen molar-refractivity contribution in [3.05, 3.63) is 29.8 Å². The normalized spacial score (nSPS) is 11.2. The first-order valence-corrected chi connectivity index (χ1v) is 5.52. The molecule has 16 heavy (non-hydrogen) atoms. The lowest BCUT2D eigenvalue weighted by Crippen LogP contribution is -2.33. The average molecular weight is 221 g/mol. The van der Waals surface area contributed by atoms with Crippen LogP contribution in [-0.2, 0) is 11.2 Å². The molecule has 3 nitrogen and oxygen atoms in total. The van der Waals surface area contributed by atoms with Crippen molar-refractivity contribution in [2.24, 2.45) is 0 Å². The zero-order valence-electron chi connectivity index (χ0n) is 10.1. The Kier molecular flexibility index (Phi) is 3.93. The first-order chi connectivity index (χ1) is 7.43. The van der Waals surface area contributed by atoms with E-state index in [1.54, 1.807) is 0 Å². The zero-order chi connectivity index (χ0) is 12.2. The van der Waals surface area contributed by atoms with Crippen LogP contribution in [0.25, 0.3) is 0 Å². The molecule has 0 aliphatic heterocycles. The Labute approximate surface area is 96.5 Å². The van der Waals surface area contributed by atoms with E-state index < -0.39 is 11.5 Å². The maximum atomic E-state index is 10.7. The minimum absolute atomic E-state index is 0.0997. The van der Waals surface area contributed by atoms with Gasteiger partial charge in [0, 0.05) is 11.2 Å². The molecule has 1 aromatic carbocycles. The number of carboxylic acids is 1. The van der Waals surface area contributed by atoms with Gasteiger partial charge in [0.2, 0.25) is 0 Å². The second kappa shape index (κ2) is 5.01. The summed E-state index contributed by atoms with van der Waals surface area (Å²) in [7, 11) is 0. The first kappa shape index (κ1) is 12.6. The predicted molar refractivity (Wildman–Crippen MR) is 65.8 cm³/mol. The molecule has 0 bridgehead atoms. The van der Waals surface area contributed by atoms with E-state index in [9.17, 15) is 4.79 Å². The third-order valence-corrected chi connectivity index (χ3v) is 2.44. The number of nitrogens with one attached hydrogen (secondary N) is 1. The molecule has 2 N–H and O–H groups in total. The van der Waals surface area contributed by atoms with Gasteiger partial charge in [-0.05, 0) is 38.0 Å². The van der Waals surface area contributed by atoms with Gasteiger partial charge in [0.25, 0.3) is 0 Å². The maximum Gasteiger partial charge on any atom is 0.305 e. The number of carbonyl (C=O) groups is 1. The second-order valence-corrected chi connectivity index (χ2v) is 4.63. The molecule has 0 aromatic heterocycles. The van der Waals surface area contributed by atoms with Crippen LogP contribution in [0.15, 0.2) is 24.3 Å². The Morgan fingerprint density at radius 3 is 2.31 bits per heavy atom. The fourth-order valence-electron chi connectivity index (χ4n) is 1.64. The van der Waals surface area contributed by atoms with Crippen molar-refractivity contribution >= 4 is 11.7 Å². The molecule has 0 spiro atoms. The van der Waals surface area contributed by atoms with Crippen LogP contribution >= 0.6 is 0 Å². The lowest BCUT2D eigenvalue weighted by molar-refractivity contribution is -0.137. The molecule has 88 valence electrons. The second-order valence-electron chi connectivity index (χ2n) is 4.63. The standard InChI is InChI=1S/C13H19NO2/c1-4-10-5-7-11(8-6-10)14-13(2,3)9-12(15)16/h5-8,14H,4,9H2,1-3H3,(H,15,16). The Morgan fingerprint density at radius 2 is 1.88 bits per heavy atom. The molecule has 0 saturated heterocycles. The van der Waals surface area contributed by atoms with E-state index >= 15 is 0 Å². The maximum absolute atomic E-state index is 10.7. The van der Waals surface area contributed by atoms with Crippen molar-refractivity contribution in [1.82, 2.24) is 0 Å². The largest absolute Gasteiger partial charge is 0.481 e. The summed E-state index contributed by atoms with van der Waals surface area (Å²) in [5, 5.41) is 12.0. The Bertz CT molecular complexity index is 355. The summed E-state index contributed by atoms with van der Waals surface area (Å²) in [4.78, 5) is 10.7. The van der Waals surface area contributed by atoms with Crippen LogP contribution in [0, 0.1) is 0 Å². The van der Waals surface area contributed by atoms with Gasteiger partial charge < -0.3 is 10.4 Å². The lowest BCUT2D eigenvalue weighted by atomic mass is 10.00. The number of hydrogen-bond donors (Lipinski definition) is 2. The smallest absolute Gasteiger partial charge is 0.305 e. The fraction of sp³-hybridized carbons (Fsp3) is 0.462.